The number of rotatable bonds is 4. The lowest BCUT2D eigenvalue weighted by Crippen LogP contribution is -2.02. The normalized spacial score (nSPS) is 11.0. The average Bonchev–Trinajstić information content (AvgIpc) is 2.61. The lowest BCUT2D eigenvalue weighted by molar-refractivity contribution is 0.311. The maximum absolute atomic E-state index is 5.82. The third-order valence-electron chi connectivity index (χ3n) is 4.03. The van der Waals surface area contributed by atoms with Gasteiger partial charge in [-0.05, 0) is 28.5 Å². The summed E-state index contributed by atoms with van der Waals surface area (Å²) in [5.41, 5.74) is 2.25. The van der Waals surface area contributed by atoms with Crippen molar-refractivity contribution in [1.82, 2.24) is 4.98 Å². The Hall–Kier alpha value is -2.87. The molecule has 2 heteroatoms. The minimum Gasteiger partial charge on any atom is -0.477 e. The molecule has 0 aliphatic heterocycles. The number of hydrogen-bond acceptors (Lipinski definition) is 2. The lowest BCUT2D eigenvalue weighted by Gasteiger charge is -2.07. The van der Waals surface area contributed by atoms with Crippen molar-refractivity contribution in [2.45, 2.75) is 6.42 Å². The molecule has 0 N–H and O–H groups in total. The van der Waals surface area contributed by atoms with Gasteiger partial charge in [0.25, 0.3) is 0 Å². The van der Waals surface area contributed by atoms with Crippen LogP contribution in [-0.2, 0) is 6.42 Å². The zero-order valence-electron chi connectivity index (χ0n) is 12.8. The molecule has 3 aromatic carbocycles. The highest BCUT2D eigenvalue weighted by atomic mass is 16.5. The largest absolute Gasteiger partial charge is 0.477 e. The molecule has 1 aromatic heterocycles. The summed E-state index contributed by atoms with van der Waals surface area (Å²) in [6.07, 6.45) is 0.874. The van der Waals surface area contributed by atoms with E-state index >= 15 is 0 Å². The van der Waals surface area contributed by atoms with E-state index in [0.29, 0.717) is 12.5 Å². The number of fused-ring (bicyclic) bond motifs is 2. The summed E-state index contributed by atoms with van der Waals surface area (Å²) in [6, 6.07) is 27.0. The summed E-state index contributed by atoms with van der Waals surface area (Å²) in [4.78, 5) is 4.53. The monoisotopic (exact) mass is 299 g/mol. The summed E-state index contributed by atoms with van der Waals surface area (Å²) in [5.74, 6) is 0.685. The van der Waals surface area contributed by atoms with Crippen LogP contribution in [0.25, 0.3) is 21.7 Å². The molecule has 2 nitrogen and oxygen atoms in total. The Kier molecular flexibility index (Phi) is 3.65. The van der Waals surface area contributed by atoms with E-state index in [1.165, 1.54) is 16.3 Å². The van der Waals surface area contributed by atoms with E-state index in [1.54, 1.807) is 0 Å². The lowest BCUT2D eigenvalue weighted by atomic mass is 10.1. The fourth-order valence-corrected chi connectivity index (χ4v) is 2.80. The second-order valence-corrected chi connectivity index (χ2v) is 5.62. The summed E-state index contributed by atoms with van der Waals surface area (Å²) in [5, 5.41) is 3.68. The van der Waals surface area contributed by atoms with Gasteiger partial charge in [0.2, 0.25) is 5.88 Å². The second kappa shape index (κ2) is 6.09. The molecule has 0 radical (unpaired) electrons. The molecule has 4 rings (SSSR count). The number of aromatic nitrogens is 1. The molecule has 0 amide bonds. The van der Waals surface area contributed by atoms with E-state index in [9.17, 15) is 0 Å². The summed E-state index contributed by atoms with van der Waals surface area (Å²) in [7, 11) is 0. The van der Waals surface area contributed by atoms with Crippen LogP contribution in [0.3, 0.4) is 0 Å². The van der Waals surface area contributed by atoms with Crippen molar-refractivity contribution in [2.75, 3.05) is 6.61 Å². The first-order valence-electron chi connectivity index (χ1n) is 7.85. The quantitative estimate of drug-likeness (QED) is 0.528. The molecular weight excluding hydrogens is 282 g/mol. The number of ether oxygens (including phenoxy) is 1. The zero-order chi connectivity index (χ0) is 15.5. The number of hydrogen-bond donors (Lipinski definition) is 0. The topological polar surface area (TPSA) is 22.1 Å². The number of para-hydroxylation sites is 1. The molecule has 0 aliphatic carbocycles. The predicted molar refractivity (Wildman–Crippen MR) is 94.9 cm³/mol. The van der Waals surface area contributed by atoms with E-state index in [0.717, 1.165) is 17.3 Å². The fraction of sp³-hybridized carbons (Fsp3) is 0.0952. The number of benzene rings is 3. The molecular formula is C21H17NO. The molecule has 1 heterocycles. The van der Waals surface area contributed by atoms with Crippen LogP contribution in [-0.4, -0.2) is 11.6 Å². The van der Waals surface area contributed by atoms with Gasteiger partial charge in [0.05, 0.1) is 12.1 Å². The number of nitrogens with zero attached hydrogens (tertiary/aromatic N) is 1. The van der Waals surface area contributed by atoms with Crippen molar-refractivity contribution in [2.24, 2.45) is 0 Å². The Labute approximate surface area is 135 Å². The highest BCUT2D eigenvalue weighted by molar-refractivity contribution is 5.83. The van der Waals surface area contributed by atoms with E-state index in [2.05, 4.69) is 53.5 Å². The van der Waals surface area contributed by atoms with Gasteiger partial charge in [-0.3, -0.25) is 0 Å². The first-order valence-corrected chi connectivity index (χ1v) is 7.85. The molecule has 0 atom stereocenters. The zero-order valence-corrected chi connectivity index (χ0v) is 12.8. The van der Waals surface area contributed by atoms with Gasteiger partial charge < -0.3 is 4.74 Å². The molecule has 0 fully saturated rings. The Morgan fingerprint density at radius 1 is 0.696 bits per heavy atom. The maximum atomic E-state index is 5.82. The van der Waals surface area contributed by atoms with Gasteiger partial charge >= 0.3 is 0 Å². The Morgan fingerprint density at radius 2 is 1.43 bits per heavy atom. The van der Waals surface area contributed by atoms with Gasteiger partial charge in [-0.25, -0.2) is 4.98 Å². The molecule has 0 aliphatic rings. The van der Waals surface area contributed by atoms with Gasteiger partial charge in [-0.1, -0.05) is 60.7 Å². The van der Waals surface area contributed by atoms with Crippen LogP contribution in [0.2, 0.25) is 0 Å². The van der Waals surface area contributed by atoms with Crippen molar-refractivity contribution < 1.29 is 4.74 Å². The molecule has 0 saturated carbocycles. The summed E-state index contributed by atoms with van der Waals surface area (Å²) >= 11 is 0. The molecule has 112 valence electrons. The van der Waals surface area contributed by atoms with Gasteiger partial charge in [0.15, 0.2) is 0 Å². The van der Waals surface area contributed by atoms with Crippen molar-refractivity contribution in [3.05, 3.63) is 84.4 Å². The van der Waals surface area contributed by atoms with Gasteiger partial charge in [0, 0.05) is 17.9 Å². The molecule has 0 bridgehead atoms. The standard InChI is InChI=1S/C21H17NO/c1-2-7-19-15-16(9-10-17(19)5-1)13-14-23-21-12-11-18-6-3-4-8-20(18)22-21/h1-12,15H,13-14H2. The van der Waals surface area contributed by atoms with E-state index in [4.69, 9.17) is 4.74 Å². The van der Waals surface area contributed by atoms with Crippen molar-refractivity contribution in [3.63, 3.8) is 0 Å². The average molecular weight is 299 g/mol. The van der Waals surface area contributed by atoms with Gasteiger partial charge in [0.1, 0.15) is 0 Å². The van der Waals surface area contributed by atoms with E-state index in [-0.39, 0.29) is 0 Å². The smallest absolute Gasteiger partial charge is 0.213 e. The van der Waals surface area contributed by atoms with Gasteiger partial charge in [-0.2, -0.15) is 0 Å². The van der Waals surface area contributed by atoms with Crippen LogP contribution in [0.4, 0.5) is 0 Å². The van der Waals surface area contributed by atoms with Crippen LogP contribution in [0.1, 0.15) is 5.56 Å². The first kappa shape index (κ1) is 13.8. The molecule has 0 unspecified atom stereocenters. The Bertz CT molecular complexity index is 882. The van der Waals surface area contributed by atoms with E-state index in [1.807, 2.05) is 30.3 Å². The van der Waals surface area contributed by atoms with Crippen molar-refractivity contribution in [3.8, 4) is 5.88 Å². The third-order valence-corrected chi connectivity index (χ3v) is 4.03. The van der Waals surface area contributed by atoms with Gasteiger partial charge in [-0.15, -0.1) is 0 Å². The van der Waals surface area contributed by atoms with Crippen LogP contribution in [0.5, 0.6) is 5.88 Å². The fourth-order valence-electron chi connectivity index (χ4n) is 2.80. The SMILES string of the molecule is c1ccc2cc(CCOc3ccc4ccccc4n3)ccc2c1. The second-order valence-electron chi connectivity index (χ2n) is 5.62. The Morgan fingerprint density at radius 3 is 2.35 bits per heavy atom. The van der Waals surface area contributed by atoms with Crippen LogP contribution in [0.15, 0.2) is 78.9 Å². The number of pyridine rings is 1. The maximum Gasteiger partial charge on any atom is 0.213 e. The van der Waals surface area contributed by atoms with Crippen molar-refractivity contribution in [1.29, 1.82) is 0 Å². The molecule has 23 heavy (non-hydrogen) atoms. The molecule has 0 spiro atoms. The molecule has 0 saturated heterocycles. The van der Waals surface area contributed by atoms with Crippen LogP contribution >= 0.6 is 0 Å². The van der Waals surface area contributed by atoms with Crippen LogP contribution in [0, 0.1) is 0 Å². The highest BCUT2D eigenvalue weighted by Gasteiger charge is 2.00. The minimum atomic E-state index is 0.629. The third kappa shape index (κ3) is 3.02. The minimum absolute atomic E-state index is 0.629. The summed E-state index contributed by atoms with van der Waals surface area (Å²) < 4.78 is 5.82. The molecule has 4 aromatic rings. The predicted octanol–water partition coefficient (Wildman–Crippen LogP) is 5.01. The summed E-state index contributed by atoms with van der Waals surface area (Å²) in [6.45, 7) is 0.629. The highest BCUT2D eigenvalue weighted by Crippen LogP contribution is 2.18. The van der Waals surface area contributed by atoms with Crippen LogP contribution < -0.4 is 4.74 Å². The van der Waals surface area contributed by atoms with Crippen molar-refractivity contribution >= 4 is 21.7 Å². The Balaban J connectivity index is 1.45. The van der Waals surface area contributed by atoms with E-state index < -0.39 is 0 Å². The first-order chi connectivity index (χ1) is 11.4.